The summed E-state index contributed by atoms with van der Waals surface area (Å²) in [5, 5.41) is 1.95. The second-order valence-electron chi connectivity index (χ2n) is 8.03. The van der Waals surface area contributed by atoms with Gasteiger partial charge in [0.15, 0.2) is 0 Å². The largest absolute Gasteiger partial charge is 0.425 e. The lowest BCUT2D eigenvalue weighted by atomic mass is 9.75. The molecule has 0 spiro atoms. The number of hydrogen-bond donors (Lipinski definition) is 0. The van der Waals surface area contributed by atoms with Crippen molar-refractivity contribution < 1.29 is 14.3 Å². The van der Waals surface area contributed by atoms with Gasteiger partial charge in [0.25, 0.3) is 0 Å². The summed E-state index contributed by atoms with van der Waals surface area (Å²) in [5.41, 5.74) is 2.94. The summed E-state index contributed by atoms with van der Waals surface area (Å²) < 4.78 is 5.87. The number of hydrogen-bond acceptors (Lipinski definition) is 3. The highest BCUT2D eigenvalue weighted by atomic mass is 16.5. The maximum Gasteiger partial charge on any atom is 0.315 e. The summed E-state index contributed by atoms with van der Waals surface area (Å²) in [4.78, 5) is 26.1. The Hall–Kier alpha value is -3.72. The van der Waals surface area contributed by atoms with Gasteiger partial charge in [-0.15, -0.1) is 0 Å². The Kier molecular flexibility index (Phi) is 5.09. The Bertz CT molecular complexity index is 1250. The number of esters is 1. The number of carbonyl (C=O) groups excluding carboxylic acids is 2. The summed E-state index contributed by atoms with van der Waals surface area (Å²) in [7, 11) is 0. The molecule has 2 atom stereocenters. The monoisotopic (exact) mass is 406 g/mol. The molecule has 4 aromatic rings. The van der Waals surface area contributed by atoms with Crippen LogP contribution in [0.15, 0.2) is 97.1 Å². The minimum Gasteiger partial charge on any atom is -0.425 e. The molecule has 0 bridgehead atoms. The van der Waals surface area contributed by atoms with Crippen LogP contribution < -0.4 is 4.74 Å². The maximum absolute atomic E-state index is 13.2. The molecule has 0 unspecified atom stereocenters. The van der Waals surface area contributed by atoms with Crippen LogP contribution in [0.2, 0.25) is 0 Å². The third kappa shape index (κ3) is 3.75. The summed E-state index contributed by atoms with van der Waals surface area (Å²) >= 11 is 0. The van der Waals surface area contributed by atoms with Crippen LogP contribution in [0.3, 0.4) is 0 Å². The normalized spacial score (nSPS) is 17.7. The van der Waals surface area contributed by atoms with Crippen molar-refractivity contribution in [2.45, 2.75) is 18.8 Å². The molecule has 3 nitrogen and oxygen atoms in total. The number of ketones is 1. The molecule has 1 aliphatic heterocycles. The quantitative estimate of drug-likeness (QED) is 0.315. The standard InChI is InChI=1S/C28H22O3/c29-22(17-19-9-3-1-4-10-19)18-25-26(21-12-5-2-6-13-21)24-16-15-20-11-7-8-14-23(20)27(24)31-28(25)30/h1-16,25-26H,17-18H2/t25-,26-/m0/s1. The van der Waals surface area contributed by atoms with Crippen LogP contribution in [0.5, 0.6) is 5.75 Å². The number of carbonyl (C=O) groups is 2. The first kappa shape index (κ1) is 19.3. The third-order valence-electron chi connectivity index (χ3n) is 6.00. The van der Waals surface area contributed by atoms with Crippen LogP contribution in [-0.2, 0) is 16.0 Å². The van der Waals surface area contributed by atoms with Gasteiger partial charge in [-0.05, 0) is 16.5 Å². The summed E-state index contributed by atoms with van der Waals surface area (Å²) in [5.74, 6) is -0.449. The fourth-order valence-corrected chi connectivity index (χ4v) is 4.56. The zero-order chi connectivity index (χ0) is 21.2. The summed E-state index contributed by atoms with van der Waals surface area (Å²) in [6, 6.07) is 31.6. The van der Waals surface area contributed by atoms with Gasteiger partial charge in [-0.25, -0.2) is 0 Å². The maximum atomic E-state index is 13.2. The second kappa shape index (κ2) is 8.19. The van der Waals surface area contributed by atoms with E-state index >= 15 is 0 Å². The lowest BCUT2D eigenvalue weighted by Crippen LogP contribution is -2.34. The van der Waals surface area contributed by atoms with Crippen LogP contribution in [0.4, 0.5) is 0 Å². The molecular formula is C28H22O3. The molecular weight excluding hydrogens is 384 g/mol. The first-order chi connectivity index (χ1) is 15.2. The van der Waals surface area contributed by atoms with E-state index in [2.05, 4.69) is 6.07 Å². The molecule has 1 aliphatic rings. The van der Waals surface area contributed by atoms with Gasteiger partial charge < -0.3 is 4.74 Å². The van der Waals surface area contributed by atoms with Crippen LogP contribution in [0, 0.1) is 5.92 Å². The number of Topliss-reactive ketones (excluding diaryl/α,β-unsaturated/α-hetero) is 1. The molecule has 3 heteroatoms. The molecule has 0 aliphatic carbocycles. The van der Waals surface area contributed by atoms with Crippen molar-refractivity contribution in [3.05, 3.63) is 114 Å². The lowest BCUT2D eigenvalue weighted by molar-refractivity contribution is -0.142. The van der Waals surface area contributed by atoms with Gasteiger partial charge in [0.05, 0.1) is 5.92 Å². The Labute approximate surface area is 181 Å². The van der Waals surface area contributed by atoms with E-state index in [0.717, 1.165) is 27.5 Å². The zero-order valence-electron chi connectivity index (χ0n) is 17.0. The fraction of sp³-hybridized carbons (Fsp3) is 0.143. The minimum absolute atomic E-state index is 0.0401. The van der Waals surface area contributed by atoms with Gasteiger partial charge in [-0.1, -0.05) is 97.1 Å². The predicted octanol–water partition coefficient (Wildman–Crippen LogP) is 5.71. The van der Waals surface area contributed by atoms with Crippen LogP contribution in [0.1, 0.15) is 29.0 Å². The van der Waals surface area contributed by atoms with Crippen molar-refractivity contribution in [1.29, 1.82) is 0 Å². The molecule has 5 rings (SSSR count). The highest BCUT2D eigenvalue weighted by molar-refractivity contribution is 5.96. The molecule has 0 N–H and O–H groups in total. The van der Waals surface area contributed by atoms with Gasteiger partial charge >= 0.3 is 5.97 Å². The molecule has 4 aromatic carbocycles. The van der Waals surface area contributed by atoms with E-state index < -0.39 is 5.92 Å². The van der Waals surface area contributed by atoms with E-state index in [1.807, 2.05) is 91.0 Å². The van der Waals surface area contributed by atoms with E-state index in [1.165, 1.54) is 0 Å². The summed E-state index contributed by atoms with van der Waals surface area (Å²) in [6.07, 6.45) is 0.469. The van der Waals surface area contributed by atoms with Crippen LogP contribution >= 0.6 is 0 Å². The van der Waals surface area contributed by atoms with Gasteiger partial charge in [-0.2, -0.15) is 0 Å². The van der Waals surface area contributed by atoms with Crippen molar-refractivity contribution in [3.8, 4) is 5.75 Å². The van der Waals surface area contributed by atoms with Crippen molar-refractivity contribution in [2.24, 2.45) is 5.92 Å². The number of fused-ring (bicyclic) bond motifs is 3. The first-order valence-corrected chi connectivity index (χ1v) is 10.5. The van der Waals surface area contributed by atoms with Crippen molar-refractivity contribution in [1.82, 2.24) is 0 Å². The molecule has 152 valence electrons. The van der Waals surface area contributed by atoms with Gasteiger partial charge in [0.1, 0.15) is 11.5 Å². The molecule has 0 saturated heterocycles. The molecule has 0 saturated carbocycles. The molecule has 0 amide bonds. The minimum atomic E-state index is -0.549. The van der Waals surface area contributed by atoms with E-state index in [0.29, 0.717) is 12.2 Å². The SMILES string of the molecule is O=C(Cc1ccccc1)C[C@@H]1C(=O)Oc2c(ccc3ccccc23)[C@@H]1c1ccccc1. The molecule has 0 fully saturated rings. The number of rotatable bonds is 5. The van der Waals surface area contributed by atoms with Crippen molar-refractivity contribution in [3.63, 3.8) is 0 Å². The Morgan fingerprint density at radius 1 is 0.774 bits per heavy atom. The molecule has 1 heterocycles. The average Bonchev–Trinajstić information content (AvgIpc) is 2.81. The molecule has 0 aromatic heterocycles. The van der Waals surface area contributed by atoms with E-state index in [4.69, 9.17) is 4.74 Å². The van der Waals surface area contributed by atoms with Crippen molar-refractivity contribution in [2.75, 3.05) is 0 Å². The second-order valence-corrected chi connectivity index (χ2v) is 8.03. The van der Waals surface area contributed by atoms with Gasteiger partial charge in [-0.3, -0.25) is 9.59 Å². The third-order valence-corrected chi connectivity index (χ3v) is 6.00. The van der Waals surface area contributed by atoms with Crippen LogP contribution in [0.25, 0.3) is 10.8 Å². The Morgan fingerprint density at radius 3 is 2.23 bits per heavy atom. The summed E-state index contributed by atoms with van der Waals surface area (Å²) in [6.45, 7) is 0. The van der Waals surface area contributed by atoms with Gasteiger partial charge in [0, 0.05) is 29.7 Å². The first-order valence-electron chi connectivity index (χ1n) is 10.5. The highest BCUT2D eigenvalue weighted by Gasteiger charge is 2.40. The number of benzene rings is 4. The van der Waals surface area contributed by atoms with E-state index in [-0.39, 0.29) is 24.1 Å². The van der Waals surface area contributed by atoms with Crippen LogP contribution in [-0.4, -0.2) is 11.8 Å². The fourth-order valence-electron chi connectivity index (χ4n) is 4.56. The van der Waals surface area contributed by atoms with E-state index in [1.54, 1.807) is 0 Å². The average molecular weight is 406 g/mol. The lowest BCUT2D eigenvalue weighted by Gasteiger charge is -2.33. The Balaban J connectivity index is 1.55. The molecule has 0 radical (unpaired) electrons. The Morgan fingerprint density at radius 2 is 1.45 bits per heavy atom. The van der Waals surface area contributed by atoms with Crippen molar-refractivity contribution >= 4 is 22.5 Å². The topological polar surface area (TPSA) is 43.4 Å². The predicted molar refractivity (Wildman–Crippen MR) is 121 cm³/mol. The smallest absolute Gasteiger partial charge is 0.315 e. The van der Waals surface area contributed by atoms with Gasteiger partial charge in [0.2, 0.25) is 0 Å². The van der Waals surface area contributed by atoms with E-state index in [9.17, 15) is 9.59 Å². The molecule has 31 heavy (non-hydrogen) atoms. The highest BCUT2D eigenvalue weighted by Crippen LogP contribution is 2.46. The zero-order valence-corrected chi connectivity index (χ0v) is 17.0. The number of ether oxygens (including phenoxy) is 1.